The zero-order chi connectivity index (χ0) is 10.6. The first kappa shape index (κ1) is 10.1. The lowest BCUT2D eigenvalue weighted by Gasteiger charge is -2.03. The number of terminal acetylenes is 1. The number of rotatable bonds is 2. The van der Waals surface area contributed by atoms with E-state index in [9.17, 15) is 4.79 Å². The van der Waals surface area contributed by atoms with Gasteiger partial charge in [-0.15, -0.1) is 6.42 Å². The Morgan fingerprint density at radius 3 is 2.86 bits per heavy atom. The van der Waals surface area contributed by atoms with Crippen molar-refractivity contribution in [3.05, 3.63) is 29.3 Å². The zero-order valence-electron chi connectivity index (χ0n) is 8.00. The summed E-state index contributed by atoms with van der Waals surface area (Å²) in [7, 11) is 0. The minimum Gasteiger partial charge on any atom is -0.399 e. The van der Waals surface area contributed by atoms with E-state index >= 15 is 0 Å². The third-order valence-electron chi connectivity index (χ3n) is 1.72. The summed E-state index contributed by atoms with van der Waals surface area (Å²) in [6, 6.07) is 4.90. The monoisotopic (exact) mass is 188 g/mol. The first-order valence-electron chi connectivity index (χ1n) is 4.32. The number of benzene rings is 1. The van der Waals surface area contributed by atoms with Gasteiger partial charge in [0.25, 0.3) is 5.91 Å². The van der Waals surface area contributed by atoms with Crippen LogP contribution in [-0.2, 0) is 0 Å². The van der Waals surface area contributed by atoms with Crippen molar-refractivity contribution >= 4 is 11.6 Å². The van der Waals surface area contributed by atoms with Gasteiger partial charge in [0.05, 0.1) is 0 Å². The van der Waals surface area contributed by atoms with Crippen LogP contribution in [0.5, 0.6) is 0 Å². The molecule has 0 fully saturated rings. The van der Waals surface area contributed by atoms with Crippen LogP contribution >= 0.6 is 0 Å². The van der Waals surface area contributed by atoms with Crippen LogP contribution in [0.15, 0.2) is 18.2 Å². The van der Waals surface area contributed by atoms with Crippen LogP contribution < -0.4 is 11.1 Å². The molecule has 72 valence electrons. The molecular weight excluding hydrogens is 176 g/mol. The highest BCUT2D eigenvalue weighted by atomic mass is 16.1. The molecule has 0 aliphatic carbocycles. The maximum Gasteiger partial charge on any atom is 0.251 e. The molecule has 3 N–H and O–H groups in total. The number of carbonyl (C=O) groups is 1. The van der Waals surface area contributed by atoms with Crippen LogP contribution in [0.4, 0.5) is 5.69 Å². The van der Waals surface area contributed by atoms with E-state index in [0.717, 1.165) is 0 Å². The lowest BCUT2D eigenvalue weighted by Crippen LogP contribution is -2.22. The van der Waals surface area contributed by atoms with Crippen molar-refractivity contribution in [1.82, 2.24) is 5.32 Å². The average molecular weight is 188 g/mol. The van der Waals surface area contributed by atoms with Crippen molar-refractivity contribution in [3.8, 4) is 12.3 Å². The van der Waals surface area contributed by atoms with Gasteiger partial charge in [0.15, 0.2) is 0 Å². The highest BCUT2D eigenvalue weighted by molar-refractivity contribution is 5.95. The second-order valence-corrected chi connectivity index (χ2v) is 2.85. The smallest absolute Gasteiger partial charge is 0.251 e. The highest BCUT2D eigenvalue weighted by Gasteiger charge is 2.05. The molecule has 0 spiro atoms. The van der Waals surface area contributed by atoms with Crippen molar-refractivity contribution in [1.29, 1.82) is 0 Å². The van der Waals surface area contributed by atoms with Gasteiger partial charge in [-0.05, 0) is 25.1 Å². The molecule has 1 aromatic rings. The Kier molecular flexibility index (Phi) is 3.14. The van der Waals surface area contributed by atoms with Gasteiger partial charge >= 0.3 is 0 Å². The second-order valence-electron chi connectivity index (χ2n) is 2.85. The predicted molar refractivity (Wildman–Crippen MR) is 56.8 cm³/mol. The Labute approximate surface area is 83.3 Å². The standard InChI is InChI=1S/C11H12N2O/c1-3-8-5-9(7-10(12)6-8)11(14)13-4-2/h1,5-7H,4,12H2,2H3,(H,13,14). The molecule has 1 aromatic carbocycles. The van der Waals surface area contributed by atoms with Gasteiger partial charge in [0, 0.05) is 23.4 Å². The van der Waals surface area contributed by atoms with E-state index in [4.69, 9.17) is 12.2 Å². The summed E-state index contributed by atoms with van der Waals surface area (Å²) in [5.41, 5.74) is 7.21. The van der Waals surface area contributed by atoms with Crippen LogP contribution in [0.2, 0.25) is 0 Å². The fraction of sp³-hybridized carbons (Fsp3) is 0.182. The Morgan fingerprint density at radius 2 is 2.29 bits per heavy atom. The number of hydrogen-bond acceptors (Lipinski definition) is 2. The molecule has 0 unspecified atom stereocenters. The van der Waals surface area contributed by atoms with E-state index < -0.39 is 0 Å². The van der Waals surface area contributed by atoms with E-state index in [1.54, 1.807) is 18.2 Å². The SMILES string of the molecule is C#Cc1cc(N)cc(C(=O)NCC)c1. The molecule has 3 nitrogen and oxygen atoms in total. The number of carbonyl (C=O) groups excluding carboxylic acids is 1. The number of anilines is 1. The largest absolute Gasteiger partial charge is 0.399 e. The van der Waals surface area contributed by atoms with E-state index in [0.29, 0.717) is 23.4 Å². The van der Waals surface area contributed by atoms with Crippen molar-refractivity contribution in [2.45, 2.75) is 6.92 Å². The van der Waals surface area contributed by atoms with E-state index in [-0.39, 0.29) is 5.91 Å². The molecular formula is C11H12N2O. The summed E-state index contributed by atoms with van der Waals surface area (Å²) in [6.45, 7) is 2.44. The topological polar surface area (TPSA) is 55.1 Å². The molecule has 14 heavy (non-hydrogen) atoms. The van der Waals surface area contributed by atoms with Crippen LogP contribution in [-0.4, -0.2) is 12.5 Å². The Balaban J connectivity index is 3.04. The quantitative estimate of drug-likeness (QED) is 0.537. The molecule has 0 aliphatic rings. The van der Waals surface area contributed by atoms with E-state index in [2.05, 4.69) is 11.2 Å². The zero-order valence-corrected chi connectivity index (χ0v) is 8.00. The molecule has 0 aliphatic heterocycles. The van der Waals surface area contributed by atoms with Crippen molar-refractivity contribution in [2.24, 2.45) is 0 Å². The molecule has 0 radical (unpaired) electrons. The molecule has 0 saturated heterocycles. The van der Waals surface area contributed by atoms with Crippen LogP contribution in [0, 0.1) is 12.3 Å². The lowest BCUT2D eigenvalue weighted by atomic mass is 10.1. The van der Waals surface area contributed by atoms with Crippen molar-refractivity contribution in [2.75, 3.05) is 12.3 Å². The van der Waals surface area contributed by atoms with Crippen LogP contribution in [0.3, 0.4) is 0 Å². The molecule has 0 atom stereocenters. The summed E-state index contributed by atoms with van der Waals surface area (Å²) in [5, 5.41) is 2.68. The first-order chi connectivity index (χ1) is 6.67. The Bertz CT molecular complexity index is 391. The molecule has 0 aromatic heterocycles. The number of nitrogens with one attached hydrogen (secondary N) is 1. The maximum atomic E-state index is 11.4. The predicted octanol–water partition coefficient (Wildman–Crippen LogP) is 1.000. The van der Waals surface area contributed by atoms with Gasteiger partial charge in [0.1, 0.15) is 0 Å². The van der Waals surface area contributed by atoms with Crippen LogP contribution in [0.25, 0.3) is 0 Å². The van der Waals surface area contributed by atoms with Gasteiger partial charge in [0.2, 0.25) is 0 Å². The summed E-state index contributed by atoms with van der Waals surface area (Å²) < 4.78 is 0. The number of nitrogens with two attached hydrogens (primary N) is 1. The van der Waals surface area contributed by atoms with Crippen molar-refractivity contribution < 1.29 is 4.79 Å². The third kappa shape index (κ3) is 2.27. The summed E-state index contributed by atoms with van der Waals surface area (Å²) >= 11 is 0. The van der Waals surface area contributed by atoms with Gasteiger partial charge < -0.3 is 11.1 Å². The van der Waals surface area contributed by atoms with Crippen LogP contribution in [0.1, 0.15) is 22.8 Å². The molecule has 0 heterocycles. The Hall–Kier alpha value is -1.95. The van der Waals surface area contributed by atoms with E-state index in [1.165, 1.54) is 0 Å². The fourth-order valence-corrected chi connectivity index (χ4v) is 1.13. The number of amides is 1. The molecule has 1 rings (SSSR count). The molecule has 3 heteroatoms. The Morgan fingerprint density at radius 1 is 1.57 bits per heavy atom. The number of nitrogen functional groups attached to an aromatic ring is 1. The van der Waals surface area contributed by atoms with Gasteiger partial charge in [-0.1, -0.05) is 5.92 Å². The second kappa shape index (κ2) is 4.33. The molecule has 0 bridgehead atoms. The maximum absolute atomic E-state index is 11.4. The summed E-state index contributed by atoms with van der Waals surface area (Å²) in [6.07, 6.45) is 5.22. The molecule has 1 amide bonds. The lowest BCUT2D eigenvalue weighted by molar-refractivity contribution is 0.0956. The van der Waals surface area contributed by atoms with Gasteiger partial charge in [-0.25, -0.2) is 0 Å². The van der Waals surface area contributed by atoms with Gasteiger partial charge in [-0.3, -0.25) is 4.79 Å². The summed E-state index contributed by atoms with van der Waals surface area (Å²) in [5.74, 6) is 2.29. The summed E-state index contributed by atoms with van der Waals surface area (Å²) in [4.78, 5) is 11.4. The third-order valence-corrected chi connectivity index (χ3v) is 1.72. The van der Waals surface area contributed by atoms with Gasteiger partial charge in [-0.2, -0.15) is 0 Å². The van der Waals surface area contributed by atoms with Crippen molar-refractivity contribution in [3.63, 3.8) is 0 Å². The highest BCUT2D eigenvalue weighted by Crippen LogP contribution is 2.11. The minimum absolute atomic E-state index is 0.156. The fourth-order valence-electron chi connectivity index (χ4n) is 1.13. The first-order valence-corrected chi connectivity index (χ1v) is 4.32. The molecule has 0 saturated carbocycles. The van der Waals surface area contributed by atoms with E-state index in [1.807, 2.05) is 6.92 Å². The number of hydrogen-bond donors (Lipinski definition) is 2. The normalized spacial score (nSPS) is 9.14. The average Bonchev–Trinajstić information content (AvgIpc) is 2.17. The minimum atomic E-state index is -0.156.